The van der Waals surface area contributed by atoms with Crippen molar-refractivity contribution in [2.75, 3.05) is 0 Å². The highest BCUT2D eigenvalue weighted by Crippen LogP contribution is 2.44. The van der Waals surface area contributed by atoms with Crippen LogP contribution >= 0.6 is 0 Å². The number of aromatic nitrogens is 2. The number of nitrogens with zero attached hydrogens (tertiary/aromatic N) is 2. The Labute approximate surface area is 138 Å². The summed E-state index contributed by atoms with van der Waals surface area (Å²) in [5, 5.41) is 7.55. The van der Waals surface area contributed by atoms with Crippen LogP contribution in [0.3, 0.4) is 0 Å². The Balaban J connectivity index is 1.65. The number of hydrogen-bond acceptors (Lipinski definition) is 6. The number of ether oxygens (including phenoxy) is 2. The molecule has 1 aliphatic heterocycles. The summed E-state index contributed by atoms with van der Waals surface area (Å²) in [7, 11) is 0. The van der Waals surface area contributed by atoms with E-state index in [-0.39, 0.29) is 18.5 Å². The molecule has 1 aliphatic rings. The second-order valence-electron chi connectivity index (χ2n) is 5.43. The molecule has 1 aromatic heterocycles. The summed E-state index contributed by atoms with van der Waals surface area (Å²) in [6.45, 7) is 1.63. The SMILES string of the molecule is Cc1nnc(COC(=O)C2c3ccccc3Oc3ccccc32)o1. The summed E-state index contributed by atoms with van der Waals surface area (Å²) >= 11 is 0. The molecule has 0 bridgehead atoms. The molecule has 3 aromatic rings. The molecule has 120 valence electrons. The first kappa shape index (κ1) is 14.4. The van der Waals surface area contributed by atoms with Crippen LogP contribution in [0, 0.1) is 6.92 Å². The van der Waals surface area contributed by atoms with Gasteiger partial charge < -0.3 is 13.9 Å². The van der Waals surface area contributed by atoms with E-state index in [1.54, 1.807) is 6.92 Å². The van der Waals surface area contributed by atoms with E-state index in [9.17, 15) is 4.79 Å². The summed E-state index contributed by atoms with van der Waals surface area (Å²) in [5.74, 6) is 1.10. The van der Waals surface area contributed by atoms with Crippen LogP contribution < -0.4 is 4.74 Å². The molecule has 0 amide bonds. The van der Waals surface area contributed by atoms with Gasteiger partial charge >= 0.3 is 5.97 Å². The average molecular weight is 322 g/mol. The third kappa shape index (κ3) is 2.52. The molecule has 0 N–H and O–H groups in total. The van der Waals surface area contributed by atoms with E-state index < -0.39 is 5.92 Å². The van der Waals surface area contributed by atoms with Crippen molar-refractivity contribution in [3.63, 3.8) is 0 Å². The Morgan fingerprint density at radius 1 is 1.04 bits per heavy atom. The molecule has 6 nitrogen and oxygen atoms in total. The van der Waals surface area contributed by atoms with Gasteiger partial charge in [-0.25, -0.2) is 0 Å². The first-order chi connectivity index (χ1) is 11.7. The fraction of sp³-hybridized carbons (Fsp3) is 0.167. The quantitative estimate of drug-likeness (QED) is 0.688. The molecule has 2 heterocycles. The first-order valence-corrected chi connectivity index (χ1v) is 7.53. The van der Waals surface area contributed by atoms with E-state index in [4.69, 9.17) is 13.9 Å². The third-order valence-corrected chi connectivity index (χ3v) is 3.82. The predicted molar refractivity (Wildman–Crippen MR) is 83.6 cm³/mol. The number of carbonyl (C=O) groups is 1. The zero-order valence-corrected chi connectivity index (χ0v) is 12.9. The Bertz CT molecular complexity index is 858. The Morgan fingerprint density at radius 2 is 1.67 bits per heavy atom. The van der Waals surface area contributed by atoms with Gasteiger partial charge in [0.15, 0.2) is 6.61 Å². The molecule has 0 atom stereocenters. The number of benzene rings is 2. The second kappa shape index (κ2) is 5.81. The Kier molecular flexibility index (Phi) is 3.49. The Hall–Kier alpha value is -3.15. The van der Waals surface area contributed by atoms with Crippen molar-refractivity contribution in [3.8, 4) is 11.5 Å². The fourth-order valence-electron chi connectivity index (χ4n) is 2.78. The lowest BCUT2D eigenvalue weighted by molar-refractivity contribution is -0.146. The van der Waals surface area contributed by atoms with E-state index in [1.807, 2.05) is 48.5 Å². The number of hydrogen-bond donors (Lipinski definition) is 0. The number of fused-ring (bicyclic) bond motifs is 2. The van der Waals surface area contributed by atoms with Crippen molar-refractivity contribution in [3.05, 3.63) is 71.4 Å². The maximum atomic E-state index is 12.7. The van der Waals surface area contributed by atoms with E-state index in [0.717, 1.165) is 11.1 Å². The standard InChI is InChI=1S/C18H14N2O4/c1-11-19-20-16(23-11)10-22-18(21)17-12-6-2-4-8-14(12)24-15-9-5-3-7-13(15)17/h2-9,17H,10H2,1H3. The molecule has 0 unspecified atom stereocenters. The summed E-state index contributed by atoms with van der Waals surface area (Å²) in [4.78, 5) is 12.7. The van der Waals surface area contributed by atoms with Crippen molar-refractivity contribution >= 4 is 5.97 Å². The molecule has 0 fully saturated rings. The monoisotopic (exact) mass is 322 g/mol. The number of aryl methyl sites for hydroxylation is 1. The van der Waals surface area contributed by atoms with Gasteiger partial charge in [0.1, 0.15) is 17.4 Å². The van der Waals surface area contributed by atoms with E-state index in [1.165, 1.54) is 0 Å². The second-order valence-corrected chi connectivity index (χ2v) is 5.43. The van der Waals surface area contributed by atoms with Crippen LogP contribution in [-0.2, 0) is 16.1 Å². The minimum Gasteiger partial charge on any atom is -0.457 e. The van der Waals surface area contributed by atoms with Crippen LogP contribution in [-0.4, -0.2) is 16.2 Å². The van der Waals surface area contributed by atoms with E-state index in [0.29, 0.717) is 17.4 Å². The van der Waals surface area contributed by atoms with Gasteiger partial charge in [-0.15, -0.1) is 10.2 Å². The summed E-state index contributed by atoms with van der Waals surface area (Å²) in [5.41, 5.74) is 1.56. The largest absolute Gasteiger partial charge is 0.457 e. The highest BCUT2D eigenvalue weighted by Gasteiger charge is 2.33. The van der Waals surface area contributed by atoms with Crippen LogP contribution in [0.5, 0.6) is 11.5 Å². The van der Waals surface area contributed by atoms with E-state index in [2.05, 4.69) is 10.2 Å². The summed E-state index contributed by atoms with van der Waals surface area (Å²) in [6.07, 6.45) is 0. The molecular weight excluding hydrogens is 308 g/mol. The molecule has 2 aromatic carbocycles. The molecule has 6 heteroatoms. The number of esters is 1. The topological polar surface area (TPSA) is 74.5 Å². The smallest absolute Gasteiger partial charge is 0.318 e. The van der Waals surface area contributed by atoms with Crippen molar-refractivity contribution in [2.24, 2.45) is 0 Å². The van der Waals surface area contributed by atoms with Crippen molar-refractivity contribution < 1.29 is 18.7 Å². The average Bonchev–Trinajstić information content (AvgIpc) is 3.03. The lowest BCUT2D eigenvalue weighted by Crippen LogP contribution is -2.21. The lowest BCUT2D eigenvalue weighted by Gasteiger charge is -2.26. The fourth-order valence-corrected chi connectivity index (χ4v) is 2.78. The van der Waals surface area contributed by atoms with Gasteiger partial charge in [0.05, 0.1) is 0 Å². The van der Waals surface area contributed by atoms with Gasteiger partial charge in [0.2, 0.25) is 5.89 Å². The van der Waals surface area contributed by atoms with Crippen molar-refractivity contribution in [1.82, 2.24) is 10.2 Å². The molecule has 24 heavy (non-hydrogen) atoms. The Morgan fingerprint density at radius 3 is 2.25 bits per heavy atom. The summed E-state index contributed by atoms with van der Waals surface area (Å²) in [6, 6.07) is 14.9. The van der Waals surface area contributed by atoms with E-state index >= 15 is 0 Å². The molecule has 0 aliphatic carbocycles. The molecule has 0 saturated carbocycles. The molecule has 0 radical (unpaired) electrons. The van der Waals surface area contributed by atoms with Gasteiger partial charge in [0, 0.05) is 18.1 Å². The van der Waals surface area contributed by atoms with Gasteiger partial charge in [-0.2, -0.15) is 0 Å². The van der Waals surface area contributed by atoms with Gasteiger partial charge in [-0.05, 0) is 12.1 Å². The maximum Gasteiger partial charge on any atom is 0.318 e. The lowest BCUT2D eigenvalue weighted by atomic mass is 9.88. The molecule has 4 rings (SSSR count). The highest BCUT2D eigenvalue weighted by molar-refractivity contribution is 5.85. The van der Waals surface area contributed by atoms with Crippen LogP contribution in [0.4, 0.5) is 0 Å². The van der Waals surface area contributed by atoms with Crippen LogP contribution in [0.2, 0.25) is 0 Å². The first-order valence-electron chi connectivity index (χ1n) is 7.53. The van der Waals surface area contributed by atoms with Crippen LogP contribution in [0.1, 0.15) is 28.8 Å². The zero-order chi connectivity index (χ0) is 16.5. The molecule has 0 spiro atoms. The minimum atomic E-state index is -0.546. The molecule has 0 saturated heterocycles. The van der Waals surface area contributed by atoms with Gasteiger partial charge in [-0.1, -0.05) is 36.4 Å². The van der Waals surface area contributed by atoms with Crippen LogP contribution in [0.25, 0.3) is 0 Å². The van der Waals surface area contributed by atoms with Crippen molar-refractivity contribution in [2.45, 2.75) is 19.4 Å². The van der Waals surface area contributed by atoms with Crippen molar-refractivity contribution in [1.29, 1.82) is 0 Å². The number of carbonyl (C=O) groups excluding carboxylic acids is 1. The highest BCUT2D eigenvalue weighted by atomic mass is 16.5. The zero-order valence-electron chi connectivity index (χ0n) is 12.9. The molecular formula is C18H14N2O4. The number of para-hydroxylation sites is 2. The normalized spacial score (nSPS) is 12.9. The predicted octanol–water partition coefficient (Wildman–Crippen LogP) is 3.36. The third-order valence-electron chi connectivity index (χ3n) is 3.82. The van der Waals surface area contributed by atoms with Gasteiger partial charge in [0.25, 0.3) is 5.89 Å². The summed E-state index contributed by atoms with van der Waals surface area (Å²) < 4.78 is 16.5. The van der Waals surface area contributed by atoms with Crippen LogP contribution in [0.15, 0.2) is 52.9 Å². The minimum absolute atomic E-state index is 0.0542. The maximum absolute atomic E-state index is 12.7. The van der Waals surface area contributed by atoms with Gasteiger partial charge in [-0.3, -0.25) is 4.79 Å². The number of rotatable bonds is 3.